The molecule has 0 amide bonds. The Kier molecular flexibility index (Phi) is 2.08. The molecule has 0 unspecified atom stereocenters. The maximum Gasteiger partial charge on any atom is 0.428 e. The average molecular weight is 299 g/mol. The topological polar surface area (TPSA) is 55.7 Å². The van der Waals surface area contributed by atoms with Crippen LogP contribution in [-0.2, 0) is 10.3 Å². The van der Waals surface area contributed by atoms with Crippen LogP contribution in [0.2, 0.25) is 0 Å². The fourth-order valence-electron chi connectivity index (χ4n) is 3.76. The minimum atomic E-state index is -4.02. The van der Waals surface area contributed by atoms with Gasteiger partial charge in [0.2, 0.25) is 6.43 Å². The minimum absolute atomic E-state index is 0.230. The normalized spacial score (nSPS) is 36.2. The van der Waals surface area contributed by atoms with E-state index in [2.05, 4.69) is 4.40 Å². The average Bonchev–Trinajstić information content (AvgIpc) is 2.23. The largest absolute Gasteiger partial charge is 0.428 e. The first kappa shape index (κ1) is 12.3. The molecule has 1 aliphatic heterocycles. The lowest BCUT2D eigenvalue weighted by Crippen LogP contribution is -2.68. The van der Waals surface area contributed by atoms with Crippen molar-refractivity contribution < 1.29 is 21.4 Å². The summed E-state index contributed by atoms with van der Waals surface area (Å²) in [6, 6.07) is 6.69. The van der Waals surface area contributed by atoms with Crippen LogP contribution in [0.1, 0.15) is 24.8 Å². The van der Waals surface area contributed by atoms with Gasteiger partial charge < -0.3 is 4.18 Å². The van der Waals surface area contributed by atoms with Crippen LogP contribution in [0.15, 0.2) is 28.7 Å². The molecular formula is C13H11F2NO3S. The Labute approximate surface area is 114 Å². The van der Waals surface area contributed by atoms with Gasteiger partial charge >= 0.3 is 10.3 Å². The van der Waals surface area contributed by atoms with Crippen molar-refractivity contribution in [2.75, 3.05) is 0 Å². The van der Waals surface area contributed by atoms with Crippen LogP contribution < -0.4 is 4.18 Å². The fourth-order valence-corrected chi connectivity index (χ4v) is 4.68. The Morgan fingerprint density at radius 2 is 1.85 bits per heavy atom. The van der Waals surface area contributed by atoms with Crippen molar-refractivity contribution in [2.24, 2.45) is 15.2 Å². The highest BCUT2D eigenvalue weighted by Crippen LogP contribution is 2.76. The zero-order valence-corrected chi connectivity index (χ0v) is 11.2. The predicted molar refractivity (Wildman–Crippen MR) is 67.2 cm³/mol. The summed E-state index contributed by atoms with van der Waals surface area (Å²) in [7, 11) is -4.02. The third-order valence-electron chi connectivity index (χ3n) is 4.58. The molecule has 1 aromatic rings. The highest BCUT2D eigenvalue weighted by atomic mass is 32.2. The standard InChI is InChI=1S/C13H11F2NO3S/c14-11(15)13-5-12(6-13,7-13)10-8-3-1-2-4-9(8)19-20(17,18)16-10/h1-4,11H,5-7H2. The van der Waals surface area contributed by atoms with Gasteiger partial charge in [-0.3, -0.25) is 0 Å². The summed E-state index contributed by atoms with van der Waals surface area (Å²) in [5.41, 5.74) is -0.435. The predicted octanol–water partition coefficient (Wildman–Crippen LogP) is 2.55. The van der Waals surface area contributed by atoms with E-state index in [1.165, 1.54) is 0 Å². The fraction of sp³-hybridized carbons (Fsp3) is 0.462. The number of nitrogens with zero attached hydrogens (tertiary/aromatic N) is 1. The molecule has 4 nitrogen and oxygen atoms in total. The van der Waals surface area contributed by atoms with Crippen molar-refractivity contribution in [3.63, 3.8) is 0 Å². The van der Waals surface area contributed by atoms with Gasteiger partial charge in [-0.25, -0.2) is 8.78 Å². The molecule has 5 rings (SSSR count). The van der Waals surface area contributed by atoms with Gasteiger partial charge in [-0.2, -0.15) is 8.42 Å². The highest BCUT2D eigenvalue weighted by Gasteiger charge is 2.74. The number of para-hydroxylation sites is 1. The lowest BCUT2D eigenvalue weighted by atomic mass is 9.33. The SMILES string of the molecule is O=S1(=O)N=C(C23CC(C(F)F)(C2)C3)c2ccccc2O1. The van der Waals surface area contributed by atoms with E-state index >= 15 is 0 Å². The van der Waals surface area contributed by atoms with Gasteiger partial charge in [0.05, 0.1) is 5.71 Å². The Hall–Kier alpha value is -1.50. The molecule has 20 heavy (non-hydrogen) atoms. The summed E-state index contributed by atoms with van der Waals surface area (Å²) in [5.74, 6) is 0.230. The number of hydrogen-bond acceptors (Lipinski definition) is 3. The second-order valence-electron chi connectivity index (χ2n) is 5.92. The maximum atomic E-state index is 12.9. The summed E-state index contributed by atoms with van der Waals surface area (Å²) in [5, 5.41) is 0. The van der Waals surface area contributed by atoms with Crippen molar-refractivity contribution in [3.05, 3.63) is 29.8 Å². The van der Waals surface area contributed by atoms with Crippen LogP contribution in [0.25, 0.3) is 0 Å². The molecule has 0 atom stereocenters. The molecule has 106 valence electrons. The second-order valence-corrected chi connectivity index (χ2v) is 7.13. The molecule has 0 aromatic heterocycles. The summed E-state index contributed by atoms with van der Waals surface area (Å²) in [6.45, 7) is 0. The van der Waals surface area contributed by atoms with Crippen molar-refractivity contribution in [1.82, 2.24) is 0 Å². The first-order valence-electron chi connectivity index (χ1n) is 6.28. The van der Waals surface area contributed by atoms with Gasteiger partial charge in [0.15, 0.2) is 5.75 Å². The quantitative estimate of drug-likeness (QED) is 0.843. The van der Waals surface area contributed by atoms with Crippen molar-refractivity contribution in [3.8, 4) is 5.75 Å². The van der Waals surface area contributed by atoms with Crippen LogP contribution in [0.3, 0.4) is 0 Å². The molecule has 3 fully saturated rings. The summed E-state index contributed by atoms with van der Waals surface area (Å²) in [6.07, 6.45) is -1.43. The van der Waals surface area contributed by atoms with E-state index in [0.29, 0.717) is 30.5 Å². The lowest BCUT2D eigenvalue weighted by molar-refractivity contribution is -0.230. The van der Waals surface area contributed by atoms with Crippen LogP contribution in [-0.4, -0.2) is 20.6 Å². The number of fused-ring (bicyclic) bond motifs is 1. The zero-order chi connectivity index (χ0) is 14.2. The third-order valence-corrected chi connectivity index (χ3v) is 5.37. The van der Waals surface area contributed by atoms with Gasteiger partial charge in [-0.1, -0.05) is 12.1 Å². The Morgan fingerprint density at radius 3 is 2.50 bits per heavy atom. The summed E-state index contributed by atoms with van der Waals surface area (Å²) < 4.78 is 57.7. The Bertz CT molecular complexity index is 722. The van der Waals surface area contributed by atoms with E-state index in [1.54, 1.807) is 24.3 Å². The van der Waals surface area contributed by atoms with Gasteiger partial charge in [-0.05, 0) is 31.4 Å². The molecule has 7 heteroatoms. The number of rotatable bonds is 2. The van der Waals surface area contributed by atoms with Crippen molar-refractivity contribution in [2.45, 2.75) is 25.7 Å². The monoisotopic (exact) mass is 299 g/mol. The van der Waals surface area contributed by atoms with E-state index in [1.807, 2.05) is 0 Å². The highest BCUT2D eigenvalue weighted by molar-refractivity contribution is 7.86. The summed E-state index contributed by atoms with van der Waals surface area (Å²) >= 11 is 0. The van der Waals surface area contributed by atoms with E-state index in [0.717, 1.165) is 0 Å². The molecule has 0 radical (unpaired) electrons. The third kappa shape index (κ3) is 1.38. The molecule has 1 heterocycles. The Balaban J connectivity index is 1.78. The first-order chi connectivity index (χ1) is 9.36. The molecule has 2 bridgehead atoms. The molecular weight excluding hydrogens is 288 g/mol. The molecule has 0 spiro atoms. The molecule has 4 aliphatic rings. The minimum Gasteiger partial charge on any atom is -0.365 e. The molecule has 1 aromatic carbocycles. The van der Waals surface area contributed by atoms with Gasteiger partial charge in [0.25, 0.3) is 0 Å². The Morgan fingerprint density at radius 1 is 1.20 bits per heavy atom. The molecule has 0 N–H and O–H groups in total. The molecule has 3 aliphatic carbocycles. The summed E-state index contributed by atoms with van der Waals surface area (Å²) in [4.78, 5) is 0. The van der Waals surface area contributed by atoms with Crippen LogP contribution in [0, 0.1) is 10.8 Å². The second kappa shape index (κ2) is 3.39. The van der Waals surface area contributed by atoms with Crippen molar-refractivity contribution in [1.29, 1.82) is 0 Å². The number of alkyl halides is 2. The number of halogens is 2. The van der Waals surface area contributed by atoms with E-state index in [4.69, 9.17) is 4.18 Å². The molecule has 0 saturated heterocycles. The zero-order valence-electron chi connectivity index (χ0n) is 10.3. The number of hydrogen-bond donors (Lipinski definition) is 0. The van der Waals surface area contributed by atoms with E-state index in [-0.39, 0.29) is 5.75 Å². The van der Waals surface area contributed by atoms with E-state index in [9.17, 15) is 17.2 Å². The molecule has 3 saturated carbocycles. The van der Waals surface area contributed by atoms with Gasteiger partial charge in [0.1, 0.15) is 0 Å². The lowest BCUT2D eigenvalue weighted by Gasteiger charge is -2.70. The van der Waals surface area contributed by atoms with Gasteiger partial charge in [0, 0.05) is 16.4 Å². The van der Waals surface area contributed by atoms with E-state index < -0.39 is 27.6 Å². The number of benzene rings is 1. The smallest absolute Gasteiger partial charge is 0.365 e. The van der Waals surface area contributed by atoms with Crippen LogP contribution in [0.5, 0.6) is 5.75 Å². The first-order valence-corrected chi connectivity index (χ1v) is 7.65. The van der Waals surface area contributed by atoms with Gasteiger partial charge in [-0.15, -0.1) is 4.40 Å². The van der Waals surface area contributed by atoms with Crippen LogP contribution in [0.4, 0.5) is 8.78 Å². The van der Waals surface area contributed by atoms with Crippen molar-refractivity contribution >= 4 is 16.0 Å². The van der Waals surface area contributed by atoms with Crippen LogP contribution >= 0.6 is 0 Å². The maximum absolute atomic E-state index is 12.9.